The zero-order valence-corrected chi connectivity index (χ0v) is 9.12. The number of hydrogen-bond donors (Lipinski definition) is 0. The fourth-order valence-corrected chi connectivity index (χ4v) is 2.95. The summed E-state index contributed by atoms with van der Waals surface area (Å²) in [6, 6.07) is 0. The van der Waals surface area contributed by atoms with Gasteiger partial charge in [0.2, 0.25) is 0 Å². The quantitative estimate of drug-likeness (QED) is 0.650. The second-order valence-corrected chi connectivity index (χ2v) is 4.60. The first-order valence-electron chi connectivity index (χ1n) is 5.39. The normalized spacial score (nSPS) is 37.7. The highest BCUT2D eigenvalue weighted by molar-refractivity contribution is 5.68. The molecule has 0 amide bonds. The largest absolute Gasteiger partial charge is 0.458 e. The number of esters is 2. The lowest BCUT2D eigenvalue weighted by Crippen LogP contribution is -2.43. The van der Waals surface area contributed by atoms with Crippen LogP contribution in [0.5, 0.6) is 0 Å². The molecule has 4 nitrogen and oxygen atoms in total. The van der Waals surface area contributed by atoms with E-state index in [1.165, 1.54) is 13.8 Å². The first-order valence-corrected chi connectivity index (χ1v) is 5.39. The fraction of sp³-hybridized carbons (Fsp3) is 0.818. The lowest BCUT2D eigenvalue weighted by molar-refractivity contribution is -0.180. The molecule has 2 bridgehead atoms. The van der Waals surface area contributed by atoms with Crippen molar-refractivity contribution >= 4 is 11.9 Å². The summed E-state index contributed by atoms with van der Waals surface area (Å²) >= 11 is 0. The summed E-state index contributed by atoms with van der Waals surface area (Å²) < 4.78 is 10.6. The van der Waals surface area contributed by atoms with Crippen molar-refractivity contribution in [1.29, 1.82) is 0 Å². The van der Waals surface area contributed by atoms with Crippen LogP contribution in [0.3, 0.4) is 0 Å². The van der Waals surface area contributed by atoms with Crippen LogP contribution in [-0.2, 0) is 19.1 Å². The van der Waals surface area contributed by atoms with Gasteiger partial charge in [-0.15, -0.1) is 0 Å². The number of rotatable bonds is 2. The average molecular weight is 212 g/mol. The molecule has 0 saturated heterocycles. The molecule has 15 heavy (non-hydrogen) atoms. The van der Waals surface area contributed by atoms with Crippen LogP contribution in [0.2, 0.25) is 0 Å². The van der Waals surface area contributed by atoms with Gasteiger partial charge in [0.05, 0.1) is 0 Å². The maximum Gasteiger partial charge on any atom is 0.303 e. The topological polar surface area (TPSA) is 52.6 Å². The van der Waals surface area contributed by atoms with Gasteiger partial charge in [-0.3, -0.25) is 9.59 Å². The van der Waals surface area contributed by atoms with Crippen LogP contribution in [0.1, 0.15) is 39.5 Å². The van der Waals surface area contributed by atoms with E-state index in [1.54, 1.807) is 0 Å². The summed E-state index contributed by atoms with van der Waals surface area (Å²) in [6.07, 6.45) is 3.37. The van der Waals surface area contributed by atoms with Crippen molar-refractivity contribution in [3.8, 4) is 0 Å². The SMILES string of the molecule is CC(=O)OC1CC2CCC1(OC(C)=O)C2. The molecule has 3 atom stereocenters. The van der Waals surface area contributed by atoms with Gasteiger partial charge in [-0.05, 0) is 31.6 Å². The van der Waals surface area contributed by atoms with Gasteiger partial charge in [0, 0.05) is 13.8 Å². The summed E-state index contributed by atoms with van der Waals surface area (Å²) in [7, 11) is 0. The molecule has 84 valence electrons. The van der Waals surface area contributed by atoms with E-state index in [4.69, 9.17) is 9.47 Å². The van der Waals surface area contributed by atoms with E-state index in [0.29, 0.717) is 5.92 Å². The van der Waals surface area contributed by atoms with E-state index >= 15 is 0 Å². The van der Waals surface area contributed by atoms with E-state index in [9.17, 15) is 9.59 Å². The van der Waals surface area contributed by atoms with Crippen molar-refractivity contribution in [2.45, 2.75) is 51.2 Å². The molecule has 0 aromatic rings. The molecule has 0 aliphatic heterocycles. The van der Waals surface area contributed by atoms with Crippen molar-refractivity contribution < 1.29 is 19.1 Å². The maximum absolute atomic E-state index is 11.1. The van der Waals surface area contributed by atoms with Crippen LogP contribution in [-0.4, -0.2) is 23.6 Å². The maximum atomic E-state index is 11.1. The van der Waals surface area contributed by atoms with Crippen molar-refractivity contribution in [3.05, 3.63) is 0 Å². The van der Waals surface area contributed by atoms with Gasteiger partial charge in [-0.2, -0.15) is 0 Å². The summed E-state index contributed by atoms with van der Waals surface area (Å²) in [5, 5.41) is 0. The molecule has 0 aromatic carbocycles. The minimum Gasteiger partial charge on any atom is -0.458 e. The molecule has 0 radical (unpaired) electrons. The molecular weight excluding hydrogens is 196 g/mol. The van der Waals surface area contributed by atoms with E-state index in [-0.39, 0.29) is 18.0 Å². The molecule has 0 heterocycles. The second kappa shape index (κ2) is 3.51. The van der Waals surface area contributed by atoms with Gasteiger partial charge in [-0.25, -0.2) is 0 Å². The van der Waals surface area contributed by atoms with E-state index in [1.807, 2.05) is 0 Å². The highest BCUT2D eigenvalue weighted by Crippen LogP contribution is 2.51. The van der Waals surface area contributed by atoms with Gasteiger partial charge >= 0.3 is 11.9 Å². The Morgan fingerprint density at radius 3 is 2.53 bits per heavy atom. The molecule has 4 heteroatoms. The Hall–Kier alpha value is -1.06. The highest BCUT2D eigenvalue weighted by atomic mass is 16.6. The van der Waals surface area contributed by atoms with Crippen LogP contribution < -0.4 is 0 Å². The number of carbonyl (C=O) groups is 2. The molecule has 2 rings (SSSR count). The number of hydrogen-bond acceptors (Lipinski definition) is 4. The van der Waals surface area contributed by atoms with Gasteiger partial charge in [0.25, 0.3) is 0 Å². The lowest BCUT2D eigenvalue weighted by atomic mass is 9.93. The molecule has 0 aromatic heterocycles. The van der Waals surface area contributed by atoms with Gasteiger partial charge in [0.1, 0.15) is 11.7 Å². The number of ether oxygens (including phenoxy) is 2. The predicted molar refractivity (Wildman–Crippen MR) is 52.0 cm³/mol. The molecule has 2 aliphatic rings. The minimum absolute atomic E-state index is 0.224. The van der Waals surface area contributed by atoms with Crippen LogP contribution in [0.4, 0.5) is 0 Å². The molecule has 0 spiro atoms. The zero-order chi connectivity index (χ0) is 11.1. The molecule has 2 aliphatic carbocycles. The van der Waals surface area contributed by atoms with Gasteiger partial charge in [0.15, 0.2) is 0 Å². The molecular formula is C11H16O4. The second-order valence-electron chi connectivity index (χ2n) is 4.60. The van der Waals surface area contributed by atoms with Crippen molar-refractivity contribution in [2.24, 2.45) is 5.92 Å². The van der Waals surface area contributed by atoms with Crippen LogP contribution in [0.25, 0.3) is 0 Å². The third-order valence-electron chi connectivity index (χ3n) is 3.40. The third-order valence-corrected chi connectivity index (χ3v) is 3.40. The monoisotopic (exact) mass is 212 g/mol. The van der Waals surface area contributed by atoms with Gasteiger partial charge in [-0.1, -0.05) is 0 Å². The van der Waals surface area contributed by atoms with Crippen LogP contribution in [0.15, 0.2) is 0 Å². The van der Waals surface area contributed by atoms with E-state index < -0.39 is 5.60 Å². The summed E-state index contributed by atoms with van der Waals surface area (Å²) in [6.45, 7) is 2.80. The predicted octanol–water partition coefficient (Wildman–Crippen LogP) is 1.42. The van der Waals surface area contributed by atoms with Crippen molar-refractivity contribution in [1.82, 2.24) is 0 Å². The Morgan fingerprint density at radius 1 is 1.27 bits per heavy atom. The Bertz CT molecular complexity index is 299. The molecule has 3 unspecified atom stereocenters. The van der Waals surface area contributed by atoms with Crippen molar-refractivity contribution in [3.63, 3.8) is 0 Å². The van der Waals surface area contributed by atoms with Crippen LogP contribution in [0, 0.1) is 5.92 Å². The minimum atomic E-state index is -0.512. The summed E-state index contributed by atoms with van der Waals surface area (Å²) in [5.41, 5.74) is -0.512. The average Bonchev–Trinajstić information content (AvgIpc) is 2.58. The number of fused-ring (bicyclic) bond motifs is 2. The molecule has 2 fully saturated rings. The third kappa shape index (κ3) is 1.85. The first kappa shape index (κ1) is 10.5. The first-order chi connectivity index (χ1) is 7.02. The molecule has 2 saturated carbocycles. The fourth-order valence-electron chi connectivity index (χ4n) is 2.95. The van der Waals surface area contributed by atoms with Crippen molar-refractivity contribution in [2.75, 3.05) is 0 Å². The smallest absolute Gasteiger partial charge is 0.303 e. The summed E-state index contributed by atoms with van der Waals surface area (Å²) in [4.78, 5) is 22.0. The van der Waals surface area contributed by atoms with Gasteiger partial charge < -0.3 is 9.47 Å². The Labute approximate surface area is 88.9 Å². The number of carbonyl (C=O) groups excluding carboxylic acids is 2. The Balaban J connectivity index is 2.11. The Kier molecular flexibility index (Phi) is 2.44. The summed E-state index contributed by atoms with van der Waals surface area (Å²) in [5.74, 6) is -0.0255. The van der Waals surface area contributed by atoms with E-state index in [0.717, 1.165) is 25.7 Å². The lowest BCUT2D eigenvalue weighted by Gasteiger charge is -2.33. The Morgan fingerprint density at radius 2 is 2.00 bits per heavy atom. The van der Waals surface area contributed by atoms with E-state index in [2.05, 4.69) is 0 Å². The molecule has 0 N–H and O–H groups in total. The zero-order valence-electron chi connectivity index (χ0n) is 9.12. The van der Waals surface area contributed by atoms with Crippen LogP contribution >= 0.6 is 0 Å². The standard InChI is InChI=1S/C11H16O4/c1-7(12)14-10-5-9-3-4-11(10,6-9)15-8(2)13/h9-10H,3-6H2,1-2H3. The highest BCUT2D eigenvalue weighted by Gasteiger charge is 2.56.